The van der Waals surface area contributed by atoms with E-state index in [0.717, 1.165) is 38.1 Å². The maximum absolute atomic E-state index is 13.1. The van der Waals surface area contributed by atoms with Crippen molar-refractivity contribution >= 4 is 37.5 Å². The molecule has 2 aliphatic rings. The largest absolute Gasteiger partial charge is 0.395 e. The second kappa shape index (κ2) is 9.18. The highest BCUT2D eigenvalue weighted by atomic mass is 32.2. The molecule has 1 unspecified atom stereocenters. The van der Waals surface area contributed by atoms with Gasteiger partial charge in [-0.05, 0) is 40.5 Å². The topological polar surface area (TPSA) is 109 Å². The first-order valence-corrected chi connectivity index (χ1v) is 14.2. The van der Waals surface area contributed by atoms with E-state index in [0.29, 0.717) is 26.2 Å². The van der Waals surface area contributed by atoms with Gasteiger partial charge < -0.3 is 10.0 Å². The summed E-state index contributed by atoms with van der Waals surface area (Å²) in [7, 11) is -1.71. The van der Waals surface area contributed by atoms with Crippen LogP contribution in [-0.2, 0) is 21.9 Å². The summed E-state index contributed by atoms with van der Waals surface area (Å²) in [6.07, 6.45) is 3.71. The first-order valence-electron chi connectivity index (χ1n) is 11.9. The number of fused-ring (bicyclic) bond motifs is 1. The van der Waals surface area contributed by atoms with Crippen LogP contribution in [0.15, 0.2) is 76.4 Å². The molecule has 0 saturated carbocycles. The molecule has 4 aromatic rings. The van der Waals surface area contributed by atoms with Crippen molar-refractivity contribution < 1.29 is 18.3 Å². The number of aliphatic hydroxyl groups is 1. The minimum absolute atomic E-state index is 0.123. The zero-order valence-electron chi connectivity index (χ0n) is 20.1. The number of likely N-dealkylation sites (tertiary alicyclic amines) is 1. The molecule has 9 nitrogen and oxygen atoms in total. The van der Waals surface area contributed by atoms with Gasteiger partial charge in [0.15, 0.2) is 0 Å². The molecule has 1 N–H and O–H groups in total. The Labute approximate surface area is 218 Å². The number of benzene rings is 2. The number of aliphatic hydroxyl groups excluding tert-OH is 1. The fraction of sp³-hybridized carbons (Fsp3) is 0.269. The van der Waals surface area contributed by atoms with Crippen LogP contribution in [0.1, 0.15) is 11.5 Å². The van der Waals surface area contributed by atoms with Crippen LogP contribution in [-0.4, -0.2) is 76.2 Å². The van der Waals surface area contributed by atoms with Crippen LogP contribution in [0, 0.1) is 0 Å². The number of amides is 1. The van der Waals surface area contributed by atoms with E-state index in [1.807, 2.05) is 37.5 Å². The highest BCUT2D eigenvalue weighted by Gasteiger charge is 2.39. The Morgan fingerprint density at radius 1 is 1.05 bits per heavy atom. The molecule has 2 aromatic carbocycles. The molecule has 2 fully saturated rings. The molecule has 190 valence electrons. The standard InChI is InChI=1S/C26H25N5O4S2/c1-29-10-19(9-28-29)17-2-4-18(5-3-17)23(15-32)26(33)30-11-20(12-30)21-13-31(14-21)37(34,35)22-6-7-24-25(8-22)36-16-27-24/h2-10,16,23,32H,11-15H2,1H3. The lowest BCUT2D eigenvalue weighted by atomic mass is 9.92. The van der Waals surface area contributed by atoms with Gasteiger partial charge >= 0.3 is 0 Å². The van der Waals surface area contributed by atoms with Crippen molar-refractivity contribution in [3.05, 3.63) is 77.1 Å². The van der Waals surface area contributed by atoms with Crippen LogP contribution in [0.5, 0.6) is 0 Å². The van der Waals surface area contributed by atoms with Gasteiger partial charge in [0.1, 0.15) is 0 Å². The number of sulfonamides is 1. The van der Waals surface area contributed by atoms with E-state index in [4.69, 9.17) is 0 Å². The first-order chi connectivity index (χ1) is 17.8. The maximum Gasteiger partial charge on any atom is 0.243 e. The SMILES string of the molecule is Cn1cc(-c2ccc(C(CO)C(=O)N3CC(=C4CN(S(=O)(=O)c5ccc6ncsc6c5)C4)C3)cc2)cn1. The number of thiazole rings is 1. The van der Waals surface area contributed by atoms with Crippen molar-refractivity contribution in [3.63, 3.8) is 0 Å². The third-order valence-electron chi connectivity index (χ3n) is 7.08. The second-order valence-electron chi connectivity index (χ2n) is 9.42. The Morgan fingerprint density at radius 2 is 1.78 bits per heavy atom. The van der Waals surface area contributed by atoms with Crippen LogP contribution in [0.25, 0.3) is 21.3 Å². The van der Waals surface area contributed by atoms with Gasteiger partial charge in [-0.25, -0.2) is 13.4 Å². The van der Waals surface area contributed by atoms with Crippen molar-refractivity contribution in [1.82, 2.24) is 24.0 Å². The summed E-state index contributed by atoms with van der Waals surface area (Å²) >= 11 is 1.42. The Kier molecular flexibility index (Phi) is 5.95. The summed E-state index contributed by atoms with van der Waals surface area (Å²) in [6.45, 7) is 1.36. The van der Waals surface area contributed by atoms with E-state index in [1.54, 1.807) is 39.5 Å². The average Bonchev–Trinajstić information content (AvgIpc) is 3.48. The van der Waals surface area contributed by atoms with E-state index in [2.05, 4.69) is 10.1 Å². The van der Waals surface area contributed by atoms with Gasteiger partial charge in [-0.3, -0.25) is 9.48 Å². The smallest absolute Gasteiger partial charge is 0.243 e. The highest BCUT2D eigenvalue weighted by molar-refractivity contribution is 7.89. The molecule has 0 aliphatic carbocycles. The fourth-order valence-electron chi connectivity index (χ4n) is 4.74. The van der Waals surface area contributed by atoms with Gasteiger partial charge in [-0.1, -0.05) is 24.3 Å². The van der Waals surface area contributed by atoms with Crippen LogP contribution in [0.4, 0.5) is 0 Å². The summed E-state index contributed by atoms with van der Waals surface area (Å²) < 4.78 is 30.1. The summed E-state index contributed by atoms with van der Waals surface area (Å²) in [4.78, 5) is 19.3. The quantitative estimate of drug-likeness (QED) is 0.380. The number of nitrogens with zero attached hydrogens (tertiary/aromatic N) is 5. The molecule has 0 radical (unpaired) electrons. The lowest BCUT2D eigenvalue weighted by Crippen LogP contribution is -2.52. The van der Waals surface area contributed by atoms with E-state index in [1.165, 1.54) is 15.6 Å². The monoisotopic (exact) mass is 535 g/mol. The summed E-state index contributed by atoms with van der Waals surface area (Å²) in [5, 5.41) is 14.2. The van der Waals surface area contributed by atoms with Gasteiger partial charge in [0, 0.05) is 45.0 Å². The second-order valence-corrected chi connectivity index (χ2v) is 12.2. The number of aryl methyl sites for hydroxylation is 1. The number of carbonyl (C=O) groups is 1. The van der Waals surface area contributed by atoms with Gasteiger partial charge in [-0.2, -0.15) is 9.40 Å². The highest BCUT2D eigenvalue weighted by Crippen LogP contribution is 2.33. The van der Waals surface area contributed by atoms with Crippen molar-refractivity contribution in [1.29, 1.82) is 0 Å². The van der Waals surface area contributed by atoms with Gasteiger partial charge in [0.25, 0.3) is 0 Å². The third-order valence-corrected chi connectivity index (χ3v) is 9.66. The average molecular weight is 536 g/mol. The molecule has 2 aromatic heterocycles. The number of hydrogen-bond donors (Lipinski definition) is 1. The molecule has 6 rings (SSSR count). The number of aromatic nitrogens is 3. The van der Waals surface area contributed by atoms with E-state index < -0.39 is 15.9 Å². The van der Waals surface area contributed by atoms with E-state index in [9.17, 15) is 18.3 Å². The molecule has 1 atom stereocenters. The predicted octanol–water partition coefficient (Wildman–Crippen LogP) is 2.62. The lowest BCUT2D eigenvalue weighted by molar-refractivity contribution is -0.135. The molecule has 1 amide bonds. The molecule has 2 aliphatic heterocycles. The van der Waals surface area contributed by atoms with Crippen LogP contribution >= 0.6 is 11.3 Å². The maximum atomic E-state index is 13.1. The van der Waals surface area contributed by atoms with E-state index in [-0.39, 0.29) is 17.4 Å². The summed E-state index contributed by atoms with van der Waals surface area (Å²) in [6, 6.07) is 12.6. The summed E-state index contributed by atoms with van der Waals surface area (Å²) in [5.41, 5.74) is 7.40. The zero-order chi connectivity index (χ0) is 25.7. The number of hydrogen-bond acceptors (Lipinski definition) is 7. The molecular weight excluding hydrogens is 510 g/mol. The number of rotatable bonds is 6. The van der Waals surface area contributed by atoms with Crippen molar-refractivity contribution in [2.75, 3.05) is 32.8 Å². The number of carbonyl (C=O) groups excluding carboxylic acids is 1. The minimum Gasteiger partial charge on any atom is -0.395 e. The molecule has 4 heterocycles. The van der Waals surface area contributed by atoms with Crippen LogP contribution < -0.4 is 0 Å². The minimum atomic E-state index is -3.57. The Balaban J connectivity index is 1.08. The Hall–Kier alpha value is -3.38. The molecule has 2 saturated heterocycles. The Bertz CT molecular complexity index is 1620. The van der Waals surface area contributed by atoms with Crippen LogP contribution in [0.2, 0.25) is 0 Å². The van der Waals surface area contributed by atoms with Gasteiger partial charge in [0.2, 0.25) is 15.9 Å². The summed E-state index contributed by atoms with van der Waals surface area (Å²) in [5.74, 6) is -0.753. The third kappa shape index (κ3) is 4.27. The molecular formula is C26H25N5O4S2. The van der Waals surface area contributed by atoms with Gasteiger partial charge in [-0.15, -0.1) is 11.3 Å². The Morgan fingerprint density at radius 3 is 2.46 bits per heavy atom. The van der Waals surface area contributed by atoms with Crippen molar-refractivity contribution in [3.8, 4) is 11.1 Å². The predicted molar refractivity (Wildman–Crippen MR) is 140 cm³/mol. The molecule has 0 spiro atoms. The molecule has 0 bridgehead atoms. The normalized spacial score (nSPS) is 17.1. The fourth-order valence-corrected chi connectivity index (χ4v) is 6.98. The van der Waals surface area contributed by atoms with Gasteiger partial charge in [0.05, 0.1) is 39.3 Å². The van der Waals surface area contributed by atoms with Crippen molar-refractivity contribution in [2.45, 2.75) is 10.8 Å². The van der Waals surface area contributed by atoms with E-state index >= 15 is 0 Å². The van der Waals surface area contributed by atoms with Crippen molar-refractivity contribution in [2.24, 2.45) is 7.05 Å². The zero-order valence-corrected chi connectivity index (χ0v) is 21.7. The molecule has 37 heavy (non-hydrogen) atoms. The first kappa shape index (κ1) is 24.0. The molecule has 11 heteroatoms. The lowest BCUT2D eigenvalue weighted by Gasteiger charge is -2.42. The van der Waals surface area contributed by atoms with Crippen LogP contribution in [0.3, 0.4) is 0 Å².